The van der Waals surface area contributed by atoms with Crippen LogP contribution < -0.4 is 0 Å². The molecule has 0 radical (unpaired) electrons. The Morgan fingerprint density at radius 1 is 1.24 bits per heavy atom. The summed E-state index contributed by atoms with van der Waals surface area (Å²) in [6, 6.07) is 6.10. The number of nitrogens with zero attached hydrogens (tertiary/aromatic N) is 4. The number of carbonyl (C=O) groups excluding carboxylic acids is 2. The van der Waals surface area contributed by atoms with Gasteiger partial charge in [0, 0.05) is 31.7 Å². The summed E-state index contributed by atoms with van der Waals surface area (Å²) in [6.45, 7) is 3.70. The lowest BCUT2D eigenvalue weighted by molar-refractivity contribution is -0.140. The van der Waals surface area contributed by atoms with Crippen LogP contribution in [0, 0.1) is 13.8 Å². The largest absolute Gasteiger partial charge is 0.507 e. The first-order chi connectivity index (χ1) is 13.9. The summed E-state index contributed by atoms with van der Waals surface area (Å²) in [5.41, 5.74) is 2.46. The fourth-order valence-corrected chi connectivity index (χ4v) is 3.73. The van der Waals surface area contributed by atoms with Crippen LogP contribution in [0.4, 0.5) is 0 Å². The van der Waals surface area contributed by atoms with Crippen LogP contribution >= 0.6 is 0 Å². The Hall–Kier alpha value is -3.68. The summed E-state index contributed by atoms with van der Waals surface area (Å²) >= 11 is 0. The number of hydrogen-bond acceptors (Lipinski definition) is 6. The van der Waals surface area contributed by atoms with E-state index in [0.29, 0.717) is 22.7 Å². The molecule has 8 nitrogen and oxygen atoms in total. The molecule has 0 aliphatic carbocycles. The normalized spacial score (nSPS) is 18.6. The number of ketones is 1. The van der Waals surface area contributed by atoms with E-state index in [9.17, 15) is 14.7 Å². The van der Waals surface area contributed by atoms with E-state index in [4.69, 9.17) is 4.42 Å². The van der Waals surface area contributed by atoms with Crippen molar-refractivity contribution in [3.05, 3.63) is 76.8 Å². The van der Waals surface area contributed by atoms with Gasteiger partial charge in [-0.25, -0.2) is 0 Å². The average molecular weight is 392 g/mol. The molecular formula is C21H20N4O4. The molecule has 0 spiro atoms. The molecule has 0 unspecified atom stereocenters. The second kappa shape index (κ2) is 7.05. The van der Waals surface area contributed by atoms with E-state index < -0.39 is 17.7 Å². The Bertz CT molecular complexity index is 1110. The van der Waals surface area contributed by atoms with Crippen LogP contribution in [-0.2, 0) is 23.2 Å². The van der Waals surface area contributed by atoms with Crippen LogP contribution in [0.5, 0.6) is 0 Å². The third-order valence-corrected chi connectivity index (χ3v) is 5.17. The molecule has 29 heavy (non-hydrogen) atoms. The molecule has 0 saturated carbocycles. The lowest BCUT2D eigenvalue weighted by Crippen LogP contribution is -2.29. The Morgan fingerprint density at radius 3 is 2.62 bits per heavy atom. The van der Waals surface area contributed by atoms with Gasteiger partial charge in [0.25, 0.3) is 11.7 Å². The van der Waals surface area contributed by atoms with Gasteiger partial charge in [0.05, 0.1) is 23.1 Å². The zero-order valence-corrected chi connectivity index (χ0v) is 16.3. The molecule has 1 amide bonds. The van der Waals surface area contributed by atoms with Crippen LogP contribution in [-0.4, -0.2) is 36.5 Å². The van der Waals surface area contributed by atoms with Gasteiger partial charge in [-0.05, 0) is 37.6 Å². The number of aliphatic hydroxyl groups is 1. The summed E-state index contributed by atoms with van der Waals surface area (Å²) in [5.74, 6) is -1.30. The standard InChI is InChI=1S/C21H20N4O4/c1-12-16(13(2)24(3)23-12)19(26)17-18(15-7-5-9-29-15)25(21(28)20(17)27)11-14-6-4-8-22-10-14/h4-10,18,26H,11H2,1-3H3/t18-/m1/s1. The van der Waals surface area contributed by atoms with Crippen molar-refractivity contribution < 1.29 is 19.1 Å². The highest BCUT2D eigenvalue weighted by Crippen LogP contribution is 2.41. The fourth-order valence-electron chi connectivity index (χ4n) is 3.73. The van der Waals surface area contributed by atoms with Gasteiger partial charge in [-0.2, -0.15) is 5.10 Å². The Labute approximate surface area is 167 Å². The molecule has 4 rings (SSSR count). The van der Waals surface area contributed by atoms with E-state index in [-0.39, 0.29) is 17.9 Å². The molecule has 3 aromatic rings. The monoisotopic (exact) mass is 392 g/mol. The molecule has 0 bridgehead atoms. The maximum atomic E-state index is 13.0. The van der Waals surface area contributed by atoms with Gasteiger partial charge in [-0.3, -0.25) is 19.3 Å². The van der Waals surface area contributed by atoms with Crippen LogP contribution in [0.25, 0.3) is 5.76 Å². The molecule has 4 heterocycles. The van der Waals surface area contributed by atoms with E-state index in [1.54, 1.807) is 56.2 Å². The number of rotatable bonds is 4. The molecular weight excluding hydrogens is 372 g/mol. The highest BCUT2D eigenvalue weighted by Gasteiger charge is 2.47. The number of Topliss-reactive ketones (excluding diaryl/α,β-unsaturated/α-hetero) is 1. The van der Waals surface area contributed by atoms with Crippen molar-refractivity contribution in [1.29, 1.82) is 0 Å². The lowest BCUT2D eigenvalue weighted by Gasteiger charge is -2.23. The smallest absolute Gasteiger partial charge is 0.296 e. The minimum absolute atomic E-state index is 0.00644. The summed E-state index contributed by atoms with van der Waals surface area (Å²) < 4.78 is 7.16. The molecule has 3 aromatic heterocycles. The van der Waals surface area contributed by atoms with Gasteiger partial charge in [-0.15, -0.1) is 0 Å². The van der Waals surface area contributed by atoms with Crippen molar-refractivity contribution in [2.45, 2.75) is 26.4 Å². The van der Waals surface area contributed by atoms with Crippen molar-refractivity contribution in [1.82, 2.24) is 19.7 Å². The van der Waals surface area contributed by atoms with E-state index in [2.05, 4.69) is 10.1 Å². The highest BCUT2D eigenvalue weighted by atomic mass is 16.3. The topological polar surface area (TPSA) is 101 Å². The second-order valence-electron chi connectivity index (χ2n) is 6.97. The zero-order valence-electron chi connectivity index (χ0n) is 16.3. The van der Waals surface area contributed by atoms with Crippen LogP contribution in [0.3, 0.4) is 0 Å². The van der Waals surface area contributed by atoms with Crippen LogP contribution in [0.2, 0.25) is 0 Å². The molecule has 0 aromatic carbocycles. The lowest BCUT2D eigenvalue weighted by atomic mass is 9.98. The summed E-state index contributed by atoms with van der Waals surface area (Å²) in [7, 11) is 1.75. The van der Waals surface area contributed by atoms with Gasteiger partial charge in [0.15, 0.2) is 0 Å². The predicted octanol–water partition coefficient (Wildman–Crippen LogP) is 2.65. The number of furan rings is 1. The van der Waals surface area contributed by atoms with Crippen molar-refractivity contribution in [2.24, 2.45) is 7.05 Å². The number of amides is 1. The number of carbonyl (C=O) groups is 2. The van der Waals surface area contributed by atoms with Crippen LogP contribution in [0.1, 0.15) is 34.3 Å². The summed E-state index contributed by atoms with van der Waals surface area (Å²) in [6.07, 6.45) is 4.74. The predicted molar refractivity (Wildman–Crippen MR) is 103 cm³/mol. The average Bonchev–Trinajstić information content (AvgIpc) is 3.37. The quantitative estimate of drug-likeness (QED) is 0.416. The van der Waals surface area contributed by atoms with Crippen molar-refractivity contribution in [3.8, 4) is 0 Å². The molecule has 1 saturated heterocycles. The first kappa shape index (κ1) is 18.7. The van der Waals surface area contributed by atoms with E-state index in [1.165, 1.54) is 11.2 Å². The van der Waals surface area contributed by atoms with E-state index in [0.717, 1.165) is 5.56 Å². The van der Waals surface area contributed by atoms with Gasteiger partial charge in [0.1, 0.15) is 17.6 Å². The molecule has 1 fully saturated rings. The number of aryl methyl sites for hydroxylation is 2. The fraction of sp³-hybridized carbons (Fsp3) is 0.238. The maximum absolute atomic E-state index is 13.0. The van der Waals surface area contributed by atoms with Gasteiger partial charge in [0.2, 0.25) is 0 Å². The minimum atomic E-state index is -0.843. The Kier molecular flexibility index (Phi) is 4.54. The molecule has 8 heteroatoms. The molecule has 1 aliphatic rings. The van der Waals surface area contributed by atoms with Crippen LogP contribution in [0.15, 0.2) is 52.9 Å². The zero-order chi connectivity index (χ0) is 20.7. The third kappa shape index (κ3) is 3.02. The Morgan fingerprint density at radius 2 is 2.03 bits per heavy atom. The molecule has 1 N–H and O–H groups in total. The van der Waals surface area contributed by atoms with E-state index in [1.807, 2.05) is 6.07 Å². The Balaban J connectivity index is 1.88. The second-order valence-corrected chi connectivity index (χ2v) is 6.97. The number of hydrogen-bond donors (Lipinski definition) is 1. The molecule has 148 valence electrons. The first-order valence-electron chi connectivity index (χ1n) is 9.11. The number of aromatic nitrogens is 3. The van der Waals surface area contributed by atoms with Crippen molar-refractivity contribution in [3.63, 3.8) is 0 Å². The van der Waals surface area contributed by atoms with E-state index >= 15 is 0 Å². The highest BCUT2D eigenvalue weighted by molar-refractivity contribution is 6.46. The number of aliphatic hydroxyl groups excluding tert-OH is 1. The molecule has 1 aliphatic heterocycles. The summed E-state index contributed by atoms with van der Waals surface area (Å²) in [4.78, 5) is 31.3. The summed E-state index contributed by atoms with van der Waals surface area (Å²) in [5, 5.41) is 15.4. The van der Waals surface area contributed by atoms with Gasteiger partial charge >= 0.3 is 0 Å². The number of likely N-dealkylation sites (tertiary alicyclic amines) is 1. The maximum Gasteiger partial charge on any atom is 0.296 e. The molecule has 1 atom stereocenters. The van der Waals surface area contributed by atoms with Gasteiger partial charge < -0.3 is 14.4 Å². The SMILES string of the molecule is Cc1nn(C)c(C)c1C(O)=C1C(=O)C(=O)N(Cc2cccnc2)[C@@H]1c1ccco1. The first-order valence-corrected chi connectivity index (χ1v) is 9.11. The minimum Gasteiger partial charge on any atom is -0.507 e. The van der Waals surface area contributed by atoms with Gasteiger partial charge in [-0.1, -0.05) is 6.07 Å². The third-order valence-electron chi connectivity index (χ3n) is 5.17. The number of pyridine rings is 1. The van der Waals surface area contributed by atoms with Crippen molar-refractivity contribution >= 4 is 17.4 Å². The van der Waals surface area contributed by atoms with Crippen molar-refractivity contribution in [2.75, 3.05) is 0 Å².